The highest BCUT2D eigenvalue weighted by Gasteiger charge is 2.09. The molecule has 2 heteroatoms. The third kappa shape index (κ3) is 3.40. The van der Waals surface area contributed by atoms with E-state index in [1.54, 1.807) is 0 Å². The van der Waals surface area contributed by atoms with Crippen LogP contribution in [0.3, 0.4) is 0 Å². The van der Waals surface area contributed by atoms with Crippen molar-refractivity contribution < 1.29 is 9.84 Å². The number of aliphatic hydroxyl groups is 1. The summed E-state index contributed by atoms with van der Waals surface area (Å²) >= 11 is 0. The Morgan fingerprint density at radius 2 is 1.65 bits per heavy atom. The number of hydrogen-bond donors (Lipinski definition) is 1. The lowest BCUT2D eigenvalue weighted by atomic mass is 10.0. The molecular formula is C18H22O2. The van der Waals surface area contributed by atoms with Crippen LogP contribution in [0.2, 0.25) is 0 Å². The molecule has 0 saturated heterocycles. The van der Waals surface area contributed by atoms with Crippen molar-refractivity contribution in [3.05, 3.63) is 59.7 Å². The monoisotopic (exact) mass is 270 g/mol. The largest absolute Gasteiger partial charge is 0.457 e. The third-order valence-corrected chi connectivity index (χ3v) is 3.42. The molecule has 1 atom stereocenters. The molecule has 0 aliphatic carbocycles. The van der Waals surface area contributed by atoms with Gasteiger partial charge in [0, 0.05) is 0 Å². The quantitative estimate of drug-likeness (QED) is 0.824. The Morgan fingerprint density at radius 1 is 1.00 bits per heavy atom. The summed E-state index contributed by atoms with van der Waals surface area (Å²) in [6.45, 7) is 6.28. The van der Waals surface area contributed by atoms with Crippen LogP contribution in [0.4, 0.5) is 0 Å². The highest BCUT2D eigenvalue weighted by atomic mass is 16.5. The molecule has 2 rings (SSSR count). The van der Waals surface area contributed by atoms with E-state index in [9.17, 15) is 5.11 Å². The summed E-state index contributed by atoms with van der Waals surface area (Å²) in [5.41, 5.74) is 2.13. The van der Waals surface area contributed by atoms with Crippen LogP contribution in [0.5, 0.6) is 11.5 Å². The van der Waals surface area contributed by atoms with Crippen LogP contribution in [0.1, 0.15) is 50.3 Å². The van der Waals surface area contributed by atoms with Gasteiger partial charge in [0.2, 0.25) is 0 Å². The van der Waals surface area contributed by atoms with Crippen molar-refractivity contribution in [3.8, 4) is 11.5 Å². The van der Waals surface area contributed by atoms with Crippen molar-refractivity contribution in [2.75, 3.05) is 0 Å². The molecule has 106 valence electrons. The van der Waals surface area contributed by atoms with E-state index in [1.807, 2.05) is 49.4 Å². The summed E-state index contributed by atoms with van der Waals surface area (Å²) in [6.07, 6.45) is 0.322. The minimum Gasteiger partial charge on any atom is -0.457 e. The molecular weight excluding hydrogens is 248 g/mol. The zero-order chi connectivity index (χ0) is 14.5. The Balaban J connectivity index is 2.18. The lowest BCUT2D eigenvalue weighted by Gasteiger charge is -2.14. The molecule has 2 aromatic carbocycles. The van der Waals surface area contributed by atoms with Crippen molar-refractivity contribution in [2.45, 2.75) is 39.2 Å². The van der Waals surface area contributed by atoms with E-state index in [0.717, 1.165) is 23.5 Å². The highest BCUT2D eigenvalue weighted by molar-refractivity contribution is 5.40. The van der Waals surface area contributed by atoms with Gasteiger partial charge in [-0.15, -0.1) is 0 Å². The Labute approximate surface area is 121 Å². The Kier molecular flexibility index (Phi) is 4.80. The second kappa shape index (κ2) is 6.58. The Bertz CT molecular complexity index is 544. The van der Waals surface area contributed by atoms with Crippen LogP contribution >= 0.6 is 0 Å². The second-order valence-corrected chi connectivity index (χ2v) is 5.29. The smallest absolute Gasteiger partial charge is 0.130 e. The van der Waals surface area contributed by atoms with Gasteiger partial charge in [0.15, 0.2) is 0 Å². The van der Waals surface area contributed by atoms with Gasteiger partial charge in [0.05, 0.1) is 6.10 Å². The van der Waals surface area contributed by atoms with Crippen LogP contribution in [0, 0.1) is 0 Å². The van der Waals surface area contributed by atoms with E-state index >= 15 is 0 Å². The van der Waals surface area contributed by atoms with E-state index in [4.69, 9.17) is 4.74 Å². The fourth-order valence-electron chi connectivity index (χ4n) is 2.17. The molecule has 0 bridgehead atoms. The van der Waals surface area contributed by atoms with Gasteiger partial charge in [-0.1, -0.05) is 51.1 Å². The maximum atomic E-state index is 9.79. The minimum atomic E-state index is -0.396. The van der Waals surface area contributed by atoms with Crippen LogP contribution in [0.25, 0.3) is 0 Å². The average molecular weight is 270 g/mol. The van der Waals surface area contributed by atoms with Gasteiger partial charge in [-0.25, -0.2) is 0 Å². The summed E-state index contributed by atoms with van der Waals surface area (Å²) in [5.74, 6) is 2.11. The first kappa shape index (κ1) is 14.6. The number of para-hydroxylation sites is 1. The van der Waals surface area contributed by atoms with Gasteiger partial charge in [-0.05, 0) is 41.7 Å². The Hall–Kier alpha value is -1.80. The van der Waals surface area contributed by atoms with Crippen LogP contribution in [-0.4, -0.2) is 5.11 Å². The lowest BCUT2D eigenvalue weighted by Crippen LogP contribution is -1.96. The molecule has 2 aromatic rings. The molecule has 0 aromatic heterocycles. The van der Waals surface area contributed by atoms with Crippen molar-refractivity contribution in [1.82, 2.24) is 0 Å². The Morgan fingerprint density at radius 3 is 2.25 bits per heavy atom. The average Bonchev–Trinajstić information content (AvgIpc) is 2.47. The number of hydrogen-bond acceptors (Lipinski definition) is 2. The number of benzene rings is 2. The van der Waals surface area contributed by atoms with Gasteiger partial charge in [-0.3, -0.25) is 0 Å². The second-order valence-electron chi connectivity index (χ2n) is 5.29. The predicted octanol–water partition coefficient (Wildman–Crippen LogP) is 5.05. The van der Waals surface area contributed by atoms with Crippen molar-refractivity contribution in [1.29, 1.82) is 0 Å². The molecule has 0 aliphatic rings. The fraction of sp³-hybridized carbons (Fsp3) is 0.333. The molecule has 0 aliphatic heterocycles. The maximum absolute atomic E-state index is 9.79. The van der Waals surface area contributed by atoms with Crippen molar-refractivity contribution in [2.24, 2.45) is 0 Å². The molecule has 0 radical (unpaired) electrons. The van der Waals surface area contributed by atoms with Crippen molar-refractivity contribution >= 4 is 0 Å². The van der Waals surface area contributed by atoms with Gasteiger partial charge < -0.3 is 9.84 Å². The normalized spacial score (nSPS) is 12.4. The minimum absolute atomic E-state index is 0.396. The van der Waals surface area contributed by atoms with E-state index in [0.29, 0.717) is 5.92 Å². The van der Waals surface area contributed by atoms with Gasteiger partial charge in [0.1, 0.15) is 11.5 Å². The topological polar surface area (TPSA) is 29.5 Å². The number of ether oxygens (including phenoxy) is 1. The van der Waals surface area contributed by atoms with Crippen molar-refractivity contribution in [3.63, 3.8) is 0 Å². The molecule has 0 spiro atoms. The standard InChI is InChI=1S/C18H22O2/c1-4-17(19)14-9-11-15(12-10-14)20-18-8-6-5-7-16(18)13(2)3/h5-13,17,19H,4H2,1-3H3/t17-/m0/s1. The van der Waals surface area contributed by atoms with E-state index in [1.165, 1.54) is 5.56 Å². The first-order valence-electron chi connectivity index (χ1n) is 7.16. The van der Waals surface area contributed by atoms with Crippen LogP contribution in [0.15, 0.2) is 48.5 Å². The highest BCUT2D eigenvalue weighted by Crippen LogP contribution is 2.30. The summed E-state index contributed by atoms with van der Waals surface area (Å²) in [4.78, 5) is 0. The molecule has 0 fully saturated rings. The molecule has 0 saturated carbocycles. The van der Waals surface area contributed by atoms with E-state index < -0.39 is 6.10 Å². The first-order valence-corrected chi connectivity index (χ1v) is 7.16. The maximum Gasteiger partial charge on any atom is 0.130 e. The molecule has 20 heavy (non-hydrogen) atoms. The molecule has 0 unspecified atom stereocenters. The summed E-state index contributed by atoms with van der Waals surface area (Å²) in [6, 6.07) is 15.7. The van der Waals surface area contributed by atoms with Gasteiger partial charge in [-0.2, -0.15) is 0 Å². The molecule has 0 amide bonds. The van der Waals surface area contributed by atoms with E-state index in [2.05, 4.69) is 19.9 Å². The predicted molar refractivity (Wildman–Crippen MR) is 82.3 cm³/mol. The number of aliphatic hydroxyl groups excluding tert-OH is 1. The first-order chi connectivity index (χ1) is 9.61. The van der Waals surface area contributed by atoms with Gasteiger partial charge in [0.25, 0.3) is 0 Å². The molecule has 1 N–H and O–H groups in total. The SMILES string of the molecule is CC[C@H](O)c1ccc(Oc2ccccc2C(C)C)cc1. The summed E-state index contributed by atoms with van der Waals surface area (Å²) < 4.78 is 5.96. The molecule has 0 heterocycles. The molecule has 2 nitrogen and oxygen atoms in total. The lowest BCUT2D eigenvalue weighted by molar-refractivity contribution is 0.173. The summed E-state index contributed by atoms with van der Waals surface area (Å²) in [5, 5.41) is 9.79. The fourth-order valence-corrected chi connectivity index (χ4v) is 2.17. The third-order valence-electron chi connectivity index (χ3n) is 3.42. The van der Waals surface area contributed by atoms with Crippen LogP contribution < -0.4 is 4.74 Å². The zero-order valence-corrected chi connectivity index (χ0v) is 12.3. The van der Waals surface area contributed by atoms with Gasteiger partial charge >= 0.3 is 0 Å². The summed E-state index contributed by atoms with van der Waals surface area (Å²) in [7, 11) is 0. The number of rotatable bonds is 5. The van der Waals surface area contributed by atoms with E-state index in [-0.39, 0.29) is 0 Å². The van der Waals surface area contributed by atoms with Crippen LogP contribution in [-0.2, 0) is 0 Å². The zero-order valence-electron chi connectivity index (χ0n) is 12.3.